The lowest BCUT2D eigenvalue weighted by molar-refractivity contribution is 0.220. The van der Waals surface area contributed by atoms with E-state index < -0.39 is 0 Å². The first-order chi connectivity index (χ1) is 8.92. The summed E-state index contributed by atoms with van der Waals surface area (Å²) < 4.78 is 0. The zero-order valence-electron chi connectivity index (χ0n) is 10.5. The molecule has 0 N–H and O–H groups in total. The smallest absolute Gasteiger partial charge is 0.165 e. The maximum Gasteiger partial charge on any atom is 0.165 e. The fourth-order valence-corrected chi connectivity index (χ4v) is 2.54. The predicted molar refractivity (Wildman–Crippen MR) is 73.7 cm³/mol. The highest BCUT2D eigenvalue weighted by atomic mass is 16.6. The first-order valence-electron chi connectivity index (χ1n) is 6.64. The molecular formula is C15H18N2O. The summed E-state index contributed by atoms with van der Waals surface area (Å²) in [5.41, 5.74) is 2.40. The van der Waals surface area contributed by atoms with Crippen LogP contribution in [-0.4, -0.2) is 24.2 Å². The van der Waals surface area contributed by atoms with E-state index in [1.54, 1.807) is 6.21 Å². The highest BCUT2D eigenvalue weighted by molar-refractivity contribution is 5.80. The van der Waals surface area contributed by atoms with Gasteiger partial charge >= 0.3 is 0 Å². The zero-order chi connectivity index (χ0) is 12.2. The van der Waals surface area contributed by atoms with Gasteiger partial charge < -0.3 is 4.84 Å². The molecule has 3 nitrogen and oxygen atoms in total. The first kappa shape index (κ1) is 11.5. The van der Waals surface area contributed by atoms with Crippen LogP contribution in [0.1, 0.15) is 30.4 Å². The lowest BCUT2D eigenvalue weighted by Gasteiger charge is -2.26. The summed E-state index contributed by atoms with van der Waals surface area (Å²) >= 11 is 0. The van der Waals surface area contributed by atoms with Crippen molar-refractivity contribution in [3.05, 3.63) is 35.4 Å². The Bertz CT molecular complexity index is 473. The van der Waals surface area contributed by atoms with Gasteiger partial charge in [0.1, 0.15) is 0 Å². The third-order valence-electron chi connectivity index (χ3n) is 3.51. The Morgan fingerprint density at radius 1 is 1.17 bits per heavy atom. The molecule has 0 bridgehead atoms. The molecule has 0 spiro atoms. The van der Waals surface area contributed by atoms with E-state index in [-0.39, 0.29) is 0 Å². The van der Waals surface area contributed by atoms with Crippen molar-refractivity contribution in [2.45, 2.75) is 25.8 Å². The number of oxime groups is 1. The second-order valence-electron chi connectivity index (χ2n) is 4.91. The molecule has 0 unspecified atom stereocenters. The number of hydrogen-bond acceptors (Lipinski definition) is 3. The maximum atomic E-state index is 5.37. The van der Waals surface area contributed by atoms with Gasteiger partial charge in [0.15, 0.2) is 5.75 Å². The minimum atomic E-state index is 0.856. The molecule has 3 rings (SSSR count). The van der Waals surface area contributed by atoms with Crippen LogP contribution in [0.4, 0.5) is 0 Å². The minimum absolute atomic E-state index is 0.856. The molecular weight excluding hydrogens is 224 g/mol. The average Bonchev–Trinajstić information content (AvgIpc) is 2.64. The molecule has 1 aromatic rings. The molecule has 0 aromatic heterocycles. The molecule has 1 saturated heterocycles. The van der Waals surface area contributed by atoms with Gasteiger partial charge in [-0.3, -0.25) is 4.90 Å². The van der Waals surface area contributed by atoms with Gasteiger partial charge in [-0.2, -0.15) is 0 Å². The van der Waals surface area contributed by atoms with Gasteiger partial charge in [0.05, 0.1) is 6.21 Å². The van der Waals surface area contributed by atoms with Crippen molar-refractivity contribution in [3.8, 4) is 5.75 Å². The summed E-state index contributed by atoms with van der Waals surface area (Å²) in [6.07, 6.45) is 9.63. The highest BCUT2D eigenvalue weighted by Gasteiger charge is 2.12. The van der Waals surface area contributed by atoms with Gasteiger partial charge in [-0.1, -0.05) is 23.7 Å². The Hall–Kier alpha value is -1.61. The van der Waals surface area contributed by atoms with Gasteiger partial charge in [-0.05, 0) is 49.7 Å². The Morgan fingerprint density at radius 3 is 2.94 bits per heavy atom. The lowest BCUT2D eigenvalue weighted by Crippen LogP contribution is -2.29. The van der Waals surface area contributed by atoms with Crippen molar-refractivity contribution >= 4 is 12.3 Å². The van der Waals surface area contributed by atoms with Gasteiger partial charge in [0.2, 0.25) is 0 Å². The van der Waals surface area contributed by atoms with E-state index in [0.717, 1.165) is 17.9 Å². The third-order valence-corrected chi connectivity index (χ3v) is 3.51. The van der Waals surface area contributed by atoms with E-state index in [1.165, 1.54) is 37.9 Å². The molecule has 3 heteroatoms. The van der Waals surface area contributed by atoms with Crippen LogP contribution in [-0.2, 0) is 6.54 Å². The Kier molecular flexibility index (Phi) is 3.42. The quantitative estimate of drug-likeness (QED) is 0.796. The fraction of sp³-hybridized carbons (Fsp3) is 0.400. The standard InChI is InChI=1S/C15H18N2O/c1-2-9-17(10-3-1)12-13-6-7-14-5-4-8-16-18-15(14)11-13/h4-8,11H,1-3,9-10,12H2. The number of piperidine rings is 1. The Morgan fingerprint density at radius 2 is 2.06 bits per heavy atom. The molecule has 0 amide bonds. The fourth-order valence-electron chi connectivity index (χ4n) is 2.54. The van der Waals surface area contributed by atoms with Crippen LogP contribution >= 0.6 is 0 Å². The number of nitrogens with zero attached hydrogens (tertiary/aromatic N) is 2. The van der Waals surface area contributed by atoms with Crippen molar-refractivity contribution in [2.24, 2.45) is 5.16 Å². The molecule has 1 fully saturated rings. The first-order valence-corrected chi connectivity index (χ1v) is 6.64. The normalized spacial score (nSPS) is 19.1. The van der Waals surface area contributed by atoms with Crippen molar-refractivity contribution in [3.63, 3.8) is 0 Å². The van der Waals surface area contributed by atoms with Crippen molar-refractivity contribution < 1.29 is 4.84 Å². The SMILES string of the molecule is C1=Cc2ccc(CN3CCCCC3)cc2ON=C1. The molecule has 94 valence electrons. The number of likely N-dealkylation sites (tertiary alicyclic amines) is 1. The molecule has 2 aliphatic rings. The molecule has 2 heterocycles. The van der Waals surface area contributed by atoms with E-state index in [1.807, 2.05) is 12.2 Å². The van der Waals surface area contributed by atoms with Gasteiger partial charge in [-0.25, -0.2) is 0 Å². The van der Waals surface area contributed by atoms with Crippen molar-refractivity contribution in [1.82, 2.24) is 4.90 Å². The number of allylic oxidation sites excluding steroid dienone is 1. The molecule has 0 atom stereocenters. The number of benzene rings is 1. The van der Waals surface area contributed by atoms with Gasteiger partial charge in [0.25, 0.3) is 0 Å². The van der Waals surface area contributed by atoms with Crippen LogP contribution in [0.15, 0.2) is 29.4 Å². The van der Waals surface area contributed by atoms with E-state index in [0.29, 0.717) is 0 Å². The van der Waals surface area contributed by atoms with Crippen LogP contribution in [0.2, 0.25) is 0 Å². The van der Waals surface area contributed by atoms with E-state index >= 15 is 0 Å². The monoisotopic (exact) mass is 242 g/mol. The van der Waals surface area contributed by atoms with Crippen LogP contribution in [0, 0.1) is 0 Å². The molecule has 18 heavy (non-hydrogen) atoms. The van der Waals surface area contributed by atoms with E-state index in [9.17, 15) is 0 Å². The summed E-state index contributed by atoms with van der Waals surface area (Å²) in [6, 6.07) is 6.41. The van der Waals surface area contributed by atoms with Crippen LogP contribution in [0.5, 0.6) is 5.75 Å². The van der Waals surface area contributed by atoms with Gasteiger partial charge in [0, 0.05) is 12.1 Å². The highest BCUT2D eigenvalue weighted by Crippen LogP contribution is 2.24. The molecule has 2 aliphatic heterocycles. The Balaban J connectivity index is 1.75. The predicted octanol–water partition coefficient (Wildman–Crippen LogP) is 3.06. The minimum Gasteiger partial charge on any atom is -0.356 e. The molecule has 1 aromatic carbocycles. The van der Waals surface area contributed by atoms with E-state index in [2.05, 4.69) is 28.3 Å². The average molecular weight is 242 g/mol. The second-order valence-corrected chi connectivity index (χ2v) is 4.91. The molecule has 0 saturated carbocycles. The molecule has 0 aliphatic carbocycles. The second kappa shape index (κ2) is 5.36. The number of fused-ring (bicyclic) bond motifs is 1. The van der Waals surface area contributed by atoms with Gasteiger partial charge in [-0.15, -0.1) is 0 Å². The largest absolute Gasteiger partial charge is 0.356 e. The van der Waals surface area contributed by atoms with Crippen molar-refractivity contribution in [1.29, 1.82) is 0 Å². The Labute approximate surface area is 108 Å². The van der Waals surface area contributed by atoms with Crippen molar-refractivity contribution in [2.75, 3.05) is 13.1 Å². The summed E-state index contributed by atoms with van der Waals surface area (Å²) in [5, 5.41) is 3.87. The summed E-state index contributed by atoms with van der Waals surface area (Å²) in [6.45, 7) is 3.45. The third kappa shape index (κ3) is 2.62. The van der Waals surface area contributed by atoms with Crippen LogP contribution < -0.4 is 4.84 Å². The molecule has 0 radical (unpaired) electrons. The summed E-state index contributed by atoms with van der Waals surface area (Å²) in [5.74, 6) is 0.856. The van der Waals surface area contributed by atoms with Crippen LogP contribution in [0.25, 0.3) is 6.08 Å². The number of hydrogen-bond donors (Lipinski definition) is 0. The topological polar surface area (TPSA) is 24.8 Å². The van der Waals surface area contributed by atoms with E-state index in [4.69, 9.17) is 4.84 Å². The number of rotatable bonds is 2. The lowest BCUT2D eigenvalue weighted by atomic mass is 10.1. The maximum absolute atomic E-state index is 5.37. The summed E-state index contributed by atoms with van der Waals surface area (Å²) in [4.78, 5) is 7.88. The zero-order valence-corrected chi connectivity index (χ0v) is 10.5. The summed E-state index contributed by atoms with van der Waals surface area (Å²) in [7, 11) is 0. The van der Waals surface area contributed by atoms with Crippen LogP contribution in [0.3, 0.4) is 0 Å².